The van der Waals surface area contributed by atoms with E-state index in [1.54, 1.807) is 0 Å². The molecule has 0 aliphatic rings. The minimum atomic E-state index is 0.616. The summed E-state index contributed by atoms with van der Waals surface area (Å²) in [5, 5.41) is 9.05. The van der Waals surface area contributed by atoms with Gasteiger partial charge in [0, 0.05) is 44.2 Å². The molecule has 238 valence electrons. The van der Waals surface area contributed by atoms with Crippen LogP contribution < -0.4 is 4.90 Å². The summed E-state index contributed by atoms with van der Waals surface area (Å²) in [4.78, 5) is 7.36. The summed E-state index contributed by atoms with van der Waals surface area (Å²) < 4.78 is 13.1. The standard InChI is InChI=1S/C47H28N2O2/c1-2-11-32(12-3-1)47-48-45-39-15-8-16-41-43(39)44-40(46(45)51-47)27-35(28-42(44)50-41)31-17-21-36(22-18-31)49(37-23-19-29-9-4-6-13-33(29)25-37)38-24-20-30-10-5-7-14-34(30)26-38/h1-28H. The maximum atomic E-state index is 6.58. The van der Waals surface area contributed by atoms with E-state index in [0.717, 1.165) is 77.6 Å². The van der Waals surface area contributed by atoms with Gasteiger partial charge in [-0.1, -0.05) is 103 Å². The van der Waals surface area contributed by atoms with Gasteiger partial charge >= 0.3 is 0 Å². The predicted octanol–water partition coefficient (Wildman–Crippen LogP) is 13.4. The van der Waals surface area contributed by atoms with Crippen molar-refractivity contribution in [1.82, 2.24) is 4.98 Å². The van der Waals surface area contributed by atoms with E-state index in [4.69, 9.17) is 13.8 Å². The van der Waals surface area contributed by atoms with Crippen LogP contribution in [0.15, 0.2) is 179 Å². The Bertz CT molecular complexity index is 3000. The fourth-order valence-corrected chi connectivity index (χ4v) is 7.76. The fraction of sp³-hybridized carbons (Fsp3) is 0. The average molecular weight is 653 g/mol. The highest BCUT2D eigenvalue weighted by Crippen LogP contribution is 2.45. The number of fused-ring (bicyclic) bond motifs is 5. The molecule has 2 aromatic heterocycles. The van der Waals surface area contributed by atoms with E-state index in [1.165, 1.54) is 21.5 Å². The van der Waals surface area contributed by atoms with Crippen LogP contribution in [0.5, 0.6) is 0 Å². The Morgan fingerprint density at radius 3 is 1.73 bits per heavy atom. The summed E-state index contributed by atoms with van der Waals surface area (Å²) in [6, 6.07) is 59.9. The number of hydrogen-bond acceptors (Lipinski definition) is 4. The third-order valence-corrected chi connectivity index (χ3v) is 10.2. The van der Waals surface area contributed by atoms with E-state index in [0.29, 0.717) is 5.89 Å². The lowest BCUT2D eigenvalue weighted by Gasteiger charge is -2.26. The molecule has 11 rings (SSSR count). The van der Waals surface area contributed by atoms with Crippen LogP contribution >= 0.6 is 0 Å². The third kappa shape index (κ3) is 4.37. The molecule has 0 bridgehead atoms. The van der Waals surface area contributed by atoms with Gasteiger partial charge in [0.05, 0.1) is 0 Å². The van der Waals surface area contributed by atoms with Gasteiger partial charge in [0.2, 0.25) is 5.89 Å². The van der Waals surface area contributed by atoms with Gasteiger partial charge in [0.25, 0.3) is 0 Å². The van der Waals surface area contributed by atoms with Crippen LogP contribution in [-0.4, -0.2) is 4.98 Å². The molecule has 51 heavy (non-hydrogen) atoms. The molecule has 0 unspecified atom stereocenters. The van der Waals surface area contributed by atoms with Crippen LogP contribution in [-0.2, 0) is 0 Å². The zero-order valence-electron chi connectivity index (χ0n) is 27.4. The molecule has 9 aromatic carbocycles. The number of hydrogen-bond donors (Lipinski definition) is 0. The van der Waals surface area contributed by atoms with Crippen LogP contribution in [0.1, 0.15) is 0 Å². The zero-order valence-corrected chi connectivity index (χ0v) is 27.4. The van der Waals surface area contributed by atoms with Gasteiger partial charge in [-0.15, -0.1) is 0 Å². The zero-order chi connectivity index (χ0) is 33.5. The second-order valence-electron chi connectivity index (χ2n) is 13.2. The molecule has 2 heterocycles. The summed E-state index contributed by atoms with van der Waals surface area (Å²) in [7, 11) is 0. The molecular formula is C47H28N2O2. The van der Waals surface area contributed by atoms with E-state index in [-0.39, 0.29) is 0 Å². The SMILES string of the molecule is c1ccc(-c2nc3c4cccc5oc6cc(-c7ccc(N(c8ccc9ccccc9c8)c8ccc9ccccc9c8)cc7)cc(c3o2)c6c54)cc1. The number of anilines is 3. The molecule has 0 atom stereocenters. The van der Waals surface area contributed by atoms with Crippen molar-refractivity contribution >= 4 is 82.4 Å². The van der Waals surface area contributed by atoms with Crippen LogP contribution in [0.25, 0.3) is 87.9 Å². The molecule has 0 aliphatic heterocycles. The fourth-order valence-electron chi connectivity index (χ4n) is 7.76. The normalized spacial score (nSPS) is 11.9. The van der Waals surface area contributed by atoms with Gasteiger partial charge in [-0.05, 0) is 99.4 Å². The second kappa shape index (κ2) is 10.8. The lowest BCUT2D eigenvalue weighted by molar-refractivity contribution is 0.623. The molecule has 4 heteroatoms. The van der Waals surface area contributed by atoms with E-state index in [1.807, 2.05) is 42.5 Å². The van der Waals surface area contributed by atoms with Gasteiger partial charge in [0.15, 0.2) is 5.58 Å². The highest BCUT2D eigenvalue weighted by Gasteiger charge is 2.23. The third-order valence-electron chi connectivity index (χ3n) is 10.2. The maximum absolute atomic E-state index is 6.58. The topological polar surface area (TPSA) is 42.4 Å². The number of oxazole rings is 1. The first-order valence-electron chi connectivity index (χ1n) is 17.2. The van der Waals surface area contributed by atoms with E-state index in [9.17, 15) is 0 Å². The first kappa shape index (κ1) is 28.0. The average Bonchev–Trinajstić information content (AvgIpc) is 3.82. The van der Waals surface area contributed by atoms with Crippen LogP contribution in [0.4, 0.5) is 17.1 Å². The van der Waals surface area contributed by atoms with Crippen LogP contribution in [0.2, 0.25) is 0 Å². The monoisotopic (exact) mass is 652 g/mol. The van der Waals surface area contributed by atoms with Crippen molar-refractivity contribution < 1.29 is 8.83 Å². The van der Waals surface area contributed by atoms with Crippen molar-refractivity contribution in [2.24, 2.45) is 0 Å². The van der Waals surface area contributed by atoms with E-state index >= 15 is 0 Å². The van der Waals surface area contributed by atoms with Crippen LogP contribution in [0, 0.1) is 0 Å². The van der Waals surface area contributed by atoms with Crippen molar-refractivity contribution in [2.75, 3.05) is 4.90 Å². The molecule has 0 radical (unpaired) electrons. The molecule has 0 saturated heterocycles. The summed E-state index contributed by atoms with van der Waals surface area (Å²) >= 11 is 0. The maximum Gasteiger partial charge on any atom is 0.227 e. The minimum absolute atomic E-state index is 0.616. The number of benzene rings is 9. The van der Waals surface area contributed by atoms with Crippen LogP contribution in [0.3, 0.4) is 0 Å². The van der Waals surface area contributed by atoms with Gasteiger partial charge in [-0.2, -0.15) is 0 Å². The molecule has 0 saturated carbocycles. The molecule has 0 N–H and O–H groups in total. The summed E-state index contributed by atoms with van der Waals surface area (Å²) in [5.74, 6) is 0.616. The smallest absolute Gasteiger partial charge is 0.227 e. The Balaban J connectivity index is 1.07. The van der Waals surface area contributed by atoms with Gasteiger partial charge in [0.1, 0.15) is 16.7 Å². The van der Waals surface area contributed by atoms with Crippen molar-refractivity contribution in [3.05, 3.63) is 170 Å². The molecule has 0 spiro atoms. The highest BCUT2D eigenvalue weighted by atomic mass is 16.3. The van der Waals surface area contributed by atoms with E-state index in [2.05, 4.69) is 132 Å². The Morgan fingerprint density at radius 1 is 0.392 bits per heavy atom. The Kier molecular flexibility index (Phi) is 5.92. The quantitative estimate of drug-likeness (QED) is 0.174. The number of rotatable bonds is 5. The van der Waals surface area contributed by atoms with Gasteiger partial charge < -0.3 is 13.7 Å². The van der Waals surface area contributed by atoms with Crippen molar-refractivity contribution in [3.8, 4) is 22.6 Å². The Morgan fingerprint density at radius 2 is 1.02 bits per heavy atom. The Hall–Kier alpha value is -6.91. The van der Waals surface area contributed by atoms with Crippen molar-refractivity contribution in [2.45, 2.75) is 0 Å². The first-order valence-corrected chi connectivity index (χ1v) is 17.2. The lowest BCUT2D eigenvalue weighted by atomic mass is 9.96. The first-order chi connectivity index (χ1) is 25.2. The molecule has 11 aromatic rings. The second-order valence-corrected chi connectivity index (χ2v) is 13.2. The van der Waals surface area contributed by atoms with Gasteiger partial charge in [-0.25, -0.2) is 4.98 Å². The van der Waals surface area contributed by atoms with E-state index < -0.39 is 0 Å². The number of aromatic nitrogens is 1. The molecule has 4 nitrogen and oxygen atoms in total. The summed E-state index contributed by atoms with van der Waals surface area (Å²) in [6.07, 6.45) is 0. The van der Waals surface area contributed by atoms with Crippen molar-refractivity contribution in [1.29, 1.82) is 0 Å². The predicted molar refractivity (Wildman–Crippen MR) is 211 cm³/mol. The van der Waals surface area contributed by atoms with Gasteiger partial charge in [-0.3, -0.25) is 0 Å². The minimum Gasteiger partial charge on any atom is -0.456 e. The highest BCUT2D eigenvalue weighted by molar-refractivity contribution is 6.31. The molecule has 0 aliphatic carbocycles. The number of nitrogens with zero attached hydrogens (tertiary/aromatic N) is 2. The lowest BCUT2D eigenvalue weighted by Crippen LogP contribution is -2.09. The Labute approximate surface area is 292 Å². The largest absolute Gasteiger partial charge is 0.456 e. The molecular weight excluding hydrogens is 625 g/mol. The number of furan rings is 1. The summed E-state index contributed by atoms with van der Waals surface area (Å²) in [6.45, 7) is 0. The molecule has 0 amide bonds. The molecule has 0 fully saturated rings. The van der Waals surface area contributed by atoms with Crippen molar-refractivity contribution in [3.63, 3.8) is 0 Å². The summed E-state index contributed by atoms with van der Waals surface area (Å²) in [5.41, 5.74) is 9.70.